The van der Waals surface area contributed by atoms with Gasteiger partial charge in [0, 0.05) is 56.0 Å². The lowest BCUT2D eigenvalue weighted by Crippen LogP contribution is -2.24. The van der Waals surface area contributed by atoms with Crippen LogP contribution in [0.4, 0.5) is 10.1 Å². The maximum Gasteiger partial charge on any atom is 0.290 e. The van der Waals surface area contributed by atoms with Crippen molar-refractivity contribution >= 4 is 5.69 Å². The summed E-state index contributed by atoms with van der Waals surface area (Å²) in [5.74, 6) is 0.631. The third-order valence-corrected chi connectivity index (χ3v) is 4.78. The molecule has 4 rings (SSSR count). The Hall–Kier alpha value is -3.23. The van der Waals surface area contributed by atoms with E-state index in [1.165, 1.54) is 16.9 Å². The summed E-state index contributed by atoms with van der Waals surface area (Å²) in [5.41, 5.74) is 2.04. The SMILES string of the molecule is Cn1cc(CNc2cc(OC[C@H]3C[C@@H]3c3ccc(F)cn3)nn(C)c2=O)cn1. The Bertz CT molecular complexity index is 1030. The zero-order valence-electron chi connectivity index (χ0n) is 15.7. The van der Waals surface area contributed by atoms with E-state index in [0.29, 0.717) is 30.6 Å². The average Bonchev–Trinajstić information content (AvgIpc) is 3.34. The fourth-order valence-corrected chi connectivity index (χ4v) is 3.13. The Balaban J connectivity index is 1.37. The molecule has 1 N–H and O–H groups in total. The van der Waals surface area contributed by atoms with Gasteiger partial charge in [-0.3, -0.25) is 14.5 Å². The van der Waals surface area contributed by atoms with Crippen LogP contribution in [0.25, 0.3) is 0 Å². The smallest absolute Gasteiger partial charge is 0.290 e. The van der Waals surface area contributed by atoms with E-state index in [-0.39, 0.29) is 17.3 Å². The minimum Gasteiger partial charge on any atom is -0.476 e. The lowest BCUT2D eigenvalue weighted by molar-refractivity contribution is 0.278. The number of aryl methyl sites for hydroxylation is 2. The number of nitrogens with zero attached hydrogens (tertiary/aromatic N) is 5. The maximum absolute atomic E-state index is 13.0. The number of anilines is 1. The second-order valence-corrected chi connectivity index (χ2v) is 7.02. The van der Waals surface area contributed by atoms with Crippen molar-refractivity contribution in [1.82, 2.24) is 24.5 Å². The fourth-order valence-electron chi connectivity index (χ4n) is 3.13. The molecule has 8 nitrogen and oxygen atoms in total. The first-order valence-corrected chi connectivity index (χ1v) is 9.03. The van der Waals surface area contributed by atoms with Gasteiger partial charge in [-0.25, -0.2) is 9.07 Å². The van der Waals surface area contributed by atoms with Crippen molar-refractivity contribution < 1.29 is 9.13 Å². The van der Waals surface area contributed by atoms with Gasteiger partial charge in [-0.05, 0) is 18.6 Å². The molecule has 3 aromatic heterocycles. The Morgan fingerprint density at radius 1 is 1.32 bits per heavy atom. The average molecular weight is 384 g/mol. The summed E-state index contributed by atoms with van der Waals surface area (Å²) in [4.78, 5) is 16.4. The number of hydrogen-bond donors (Lipinski definition) is 1. The first kappa shape index (κ1) is 18.1. The lowest BCUT2D eigenvalue weighted by atomic mass is 10.2. The largest absolute Gasteiger partial charge is 0.476 e. The molecule has 0 spiro atoms. The van der Waals surface area contributed by atoms with E-state index in [1.807, 2.05) is 13.2 Å². The number of rotatable bonds is 7. The normalized spacial score (nSPS) is 18.1. The van der Waals surface area contributed by atoms with E-state index in [0.717, 1.165) is 17.7 Å². The van der Waals surface area contributed by atoms with Gasteiger partial charge in [0.25, 0.3) is 5.56 Å². The molecule has 1 aliphatic rings. The van der Waals surface area contributed by atoms with Crippen LogP contribution in [0.15, 0.2) is 41.6 Å². The van der Waals surface area contributed by atoms with E-state index in [2.05, 4.69) is 20.5 Å². The summed E-state index contributed by atoms with van der Waals surface area (Å²) in [6.07, 6.45) is 5.80. The molecule has 146 valence electrons. The van der Waals surface area contributed by atoms with Crippen LogP contribution in [-0.4, -0.2) is 31.2 Å². The molecular formula is C19H21FN6O2. The summed E-state index contributed by atoms with van der Waals surface area (Å²) < 4.78 is 21.8. The zero-order valence-corrected chi connectivity index (χ0v) is 15.7. The highest BCUT2D eigenvalue weighted by Crippen LogP contribution is 2.46. The van der Waals surface area contributed by atoms with Gasteiger partial charge < -0.3 is 10.1 Å². The van der Waals surface area contributed by atoms with Gasteiger partial charge in [0.15, 0.2) is 0 Å². The predicted octanol–water partition coefficient (Wildman–Crippen LogP) is 1.84. The van der Waals surface area contributed by atoms with Gasteiger partial charge in [0.1, 0.15) is 11.5 Å². The number of ether oxygens (including phenoxy) is 1. The van der Waals surface area contributed by atoms with Gasteiger partial charge in [0.2, 0.25) is 5.88 Å². The number of aromatic nitrogens is 5. The van der Waals surface area contributed by atoms with Crippen LogP contribution in [0, 0.1) is 11.7 Å². The third kappa shape index (κ3) is 4.03. The highest BCUT2D eigenvalue weighted by atomic mass is 19.1. The minimum atomic E-state index is -0.335. The van der Waals surface area contributed by atoms with Crippen molar-refractivity contribution in [1.29, 1.82) is 0 Å². The second-order valence-electron chi connectivity index (χ2n) is 7.02. The van der Waals surface area contributed by atoms with Crippen LogP contribution in [0.2, 0.25) is 0 Å². The Morgan fingerprint density at radius 2 is 2.18 bits per heavy atom. The lowest BCUT2D eigenvalue weighted by Gasteiger charge is -2.10. The van der Waals surface area contributed by atoms with Crippen molar-refractivity contribution in [2.45, 2.75) is 18.9 Å². The summed E-state index contributed by atoms with van der Waals surface area (Å²) in [6.45, 7) is 0.949. The van der Waals surface area contributed by atoms with E-state index in [1.54, 1.807) is 30.1 Å². The van der Waals surface area contributed by atoms with E-state index >= 15 is 0 Å². The molecule has 2 atom stereocenters. The van der Waals surface area contributed by atoms with Crippen molar-refractivity contribution in [2.75, 3.05) is 11.9 Å². The van der Waals surface area contributed by atoms with Crippen LogP contribution < -0.4 is 15.6 Å². The van der Waals surface area contributed by atoms with E-state index in [4.69, 9.17) is 4.74 Å². The molecule has 3 aromatic rings. The van der Waals surface area contributed by atoms with E-state index in [9.17, 15) is 9.18 Å². The number of nitrogens with one attached hydrogen (secondary N) is 1. The monoisotopic (exact) mass is 384 g/mol. The van der Waals surface area contributed by atoms with Crippen molar-refractivity contribution in [2.24, 2.45) is 20.0 Å². The molecule has 1 aliphatic carbocycles. The van der Waals surface area contributed by atoms with Gasteiger partial charge in [-0.2, -0.15) is 5.10 Å². The molecule has 9 heteroatoms. The van der Waals surface area contributed by atoms with Crippen molar-refractivity contribution in [3.63, 3.8) is 0 Å². The summed E-state index contributed by atoms with van der Waals surface area (Å²) >= 11 is 0. The Kier molecular flexibility index (Phi) is 4.81. The highest BCUT2D eigenvalue weighted by Gasteiger charge is 2.40. The molecule has 1 saturated carbocycles. The molecule has 1 fully saturated rings. The van der Waals surface area contributed by atoms with Gasteiger partial charge in [-0.15, -0.1) is 5.10 Å². The quantitative estimate of drug-likeness (QED) is 0.669. The summed E-state index contributed by atoms with van der Waals surface area (Å²) in [5, 5.41) is 11.4. The second kappa shape index (κ2) is 7.41. The third-order valence-electron chi connectivity index (χ3n) is 4.78. The molecule has 3 heterocycles. The Labute approximate surface area is 161 Å². The van der Waals surface area contributed by atoms with Crippen molar-refractivity contribution in [3.05, 3.63) is 64.2 Å². The van der Waals surface area contributed by atoms with Crippen molar-refractivity contribution in [3.8, 4) is 5.88 Å². The molecular weight excluding hydrogens is 363 g/mol. The van der Waals surface area contributed by atoms with Gasteiger partial charge in [0.05, 0.1) is 19.0 Å². The minimum absolute atomic E-state index is 0.226. The van der Waals surface area contributed by atoms with Gasteiger partial charge in [-0.1, -0.05) is 0 Å². The number of halogens is 1. The Morgan fingerprint density at radius 3 is 2.89 bits per heavy atom. The molecule has 0 saturated heterocycles. The maximum atomic E-state index is 13.0. The topological polar surface area (TPSA) is 86.9 Å². The van der Waals surface area contributed by atoms with Crippen LogP contribution in [-0.2, 0) is 20.6 Å². The molecule has 0 aromatic carbocycles. The van der Waals surface area contributed by atoms with E-state index < -0.39 is 0 Å². The molecule has 0 radical (unpaired) electrons. The molecule has 0 bridgehead atoms. The zero-order chi connectivity index (χ0) is 19.7. The highest BCUT2D eigenvalue weighted by molar-refractivity contribution is 5.43. The van der Waals surface area contributed by atoms with Gasteiger partial charge >= 0.3 is 0 Å². The standard InChI is InChI=1S/C19H21FN6O2/c1-25-10-12(8-23-25)7-21-17-6-18(24-26(2)19(17)27)28-11-13-5-15(13)16-4-3-14(20)9-22-16/h3-4,6,8-10,13,15,21H,5,7,11H2,1-2H3/t13-,15+/m1/s1. The first-order valence-electron chi connectivity index (χ1n) is 9.03. The number of pyridine rings is 1. The van der Waals surface area contributed by atoms with Crippen LogP contribution in [0.3, 0.4) is 0 Å². The fraction of sp³-hybridized carbons (Fsp3) is 0.368. The van der Waals surface area contributed by atoms with Crippen LogP contribution >= 0.6 is 0 Å². The molecule has 0 unspecified atom stereocenters. The first-order chi connectivity index (χ1) is 13.5. The molecule has 28 heavy (non-hydrogen) atoms. The predicted molar refractivity (Wildman–Crippen MR) is 101 cm³/mol. The molecule has 0 aliphatic heterocycles. The molecule has 0 amide bonds. The summed E-state index contributed by atoms with van der Waals surface area (Å²) in [6, 6.07) is 4.75. The van der Waals surface area contributed by atoms with Crippen LogP contribution in [0.1, 0.15) is 23.6 Å². The summed E-state index contributed by atoms with van der Waals surface area (Å²) in [7, 11) is 3.43. The number of hydrogen-bond acceptors (Lipinski definition) is 6. The van der Waals surface area contributed by atoms with Crippen LogP contribution in [0.5, 0.6) is 5.88 Å².